The van der Waals surface area contributed by atoms with Crippen molar-refractivity contribution in [1.82, 2.24) is 5.32 Å². The van der Waals surface area contributed by atoms with Gasteiger partial charge in [0.15, 0.2) is 0 Å². The highest BCUT2D eigenvalue weighted by Gasteiger charge is 2.17. The fourth-order valence-electron chi connectivity index (χ4n) is 1.27. The molecule has 0 radical (unpaired) electrons. The molecule has 0 aliphatic heterocycles. The Kier molecular flexibility index (Phi) is 5.80. The molecule has 0 aromatic heterocycles. The number of aliphatic hydroxyl groups excluding tert-OH is 1. The van der Waals surface area contributed by atoms with Crippen molar-refractivity contribution in [3.8, 4) is 0 Å². The van der Waals surface area contributed by atoms with Gasteiger partial charge in [0.2, 0.25) is 0 Å². The molecule has 18 heavy (non-hydrogen) atoms. The molecule has 1 aromatic carbocycles. The monoisotopic (exact) mass is 314 g/mol. The smallest absolute Gasteiger partial charge is 0.313 e. The van der Waals surface area contributed by atoms with Crippen LogP contribution in [0.3, 0.4) is 0 Å². The van der Waals surface area contributed by atoms with Crippen molar-refractivity contribution in [1.29, 1.82) is 0 Å². The minimum absolute atomic E-state index is 0.190. The van der Waals surface area contributed by atoms with Crippen LogP contribution in [0.15, 0.2) is 28.7 Å². The molecule has 6 heteroatoms. The van der Waals surface area contributed by atoms with Crippen LogP contribution in [0.5, 0.6) is 0 Å². The van der Waals surface area contributed by atoms with Crippen LogP contribution in [-0.4, -0.2) is 29.6 Å². The minimum atomic E-state index is -0.758. The number of hydrogen-bond donors (Lipinski definition) is 3. The van der Waals surface area contributed by atoms with Gasteiger partial charge in [0.1, 0.15) is 0 Å². The molecule has 0 aliphatic carbocycles. The summed E-state index contributed by atoms with van der Waals surface area (Å²) < 4.78 is 0.695. The van der Waals surface area contributed by atoms with Crippen molar-refractivity contribution < 1.29 is 14.7 Å². The lowest BCUT2D eigenvalue weighted by molar-refractivity contribution is -0.136. The number of hydrogen-bond acceptors (Lipinski definition) is 3. The molecule has 1 rings (SSSR count). The second-order valence-electron chi connectivity index (χ2n) is 3.70. The van der Waals surface area contributed by atoms with E-state index in [4.69, 9.17) is 5.11 Å². The molecule has 0 unspecified atom stereocenters. The normalized spacial score (nSPS) is 11.7. The predicted molar refractivity (Wildman–Crippen MR) is 72.1 cm³/mol. The first kappa shape index (κ1) is 14.7. The molecule has 0 bridgehead atoms. The molecule has 1 atom stereocenters. The minimum Gasteiger partial charge on any atom is -0.394 e. The van der Waals surface area contributed by atoms with Crippen molar-refractivity contribution in [3.05, 3.63) is 28.7 Å². The first-order chi connectivity index (χ1) is 8.58. The number of carbonyl (C=O) groups excluding carboxylic acids is 2. The molecule has 0 saturated carbocycles. The van der Waals surface area contributed by atoms with E-state index in [1.54, 1.807) is 24.3 Å². The van der Waals surface area contributed by atoms with Crippen molar-refractivity contribution >= 4 is 33.4 Å². The predicted octanol–water partition coefficient (Wildman–Crippen LogP) is 1.27. The molecule has 5 nitrogen and oxygen atoms in total. The second-order valence-corrected chi connectivity index (χ2v) is 4.55. The summed E-state index contributed by atoms with van der Waals surface area (Å²) in [7, 11) is 0. The Morgan fingerprint density at radius 1 is 1.33 bits per heavy atom. The van der Waals surface area contributed by atoms with Gasteiger partial charge in [0.25, 0.3) is 0 Å². The van der Waals surface area contributed by atoms with E-state index in [2.05, 4.69) is 26.6 Å². The lowest BCUT2D eigenvalue weighted by atomic mass is 10.2. The van der Waals surface area contributed by atoms with E-state index in [0.29, 0.717) is 16.6 Å². The highest BCUT2D eigenvalue weighted by atomic mass is 79.9. The summed E-state index contributed by atoms with van der Waals surface area (Å²) >= 11 is 3.27. The molecule has 0 aliphatic rings. The van der Waals surface area contributed by atoms with Gasteiger partial charge in [-0.2, -0.15) is 0 Å². The number of amides is 2. The van der Waals surface area contributed by atoms with Crippen molar-refractivity contribution in [3.63, 3.8) is 0 Å². The van der Waals surface area contributed by atoms with Crippen LogP contribution in [0.1, 0.15) is 13.3 Å². The fourth-order valence-corrected chi connectivity index (χ4v) is 1.65. The molecule has 3 N–H and O–H groups in total. The maximum Gasteiger partial charge on any atom is 0.313 e. The molecular formula is C12H15BrN2O3. The number of rotatable bonds is 4. The van der Waals surface area contributed by atoms with Crippen molar-refractivity contribution in [2.75, 3.05) is 11.9 Å². The second kappa shape index (κ2) is 7.13. The highest BCUT2D eigenvalue weighted by Crippen LogP contribution is 2.20. The summed E-state index contributed by atoms with van der Waals surface area (Å²) in [6.07, 6.45) is 0.560. The number of benzene rings is 1. The van der Waals surface area contributed by atoms with Crippen LogP contribution < -0.4 is 10.6 Å². The standard InChI is InChI=1S/C12H15BrN2O3/c1-2-8(7-16)14-11(17)12(18)15-10-6-4-3-5-9(10)13/h3-6,8,16H,2,7H2,1H3,(H,14,17)(H,15,18)/t8-/m1/s1. The first-order valence-corrected chi connectivity index (χ1v) is 6.35. The zero-order chi connectivity index (χ0) is 13.5. The maximum absolute atomic E-state index is 11.6. The molecular weight excluding hydrogens is 300 g/mol. The molecule has 0 heterocycles. The van der Waals surface area contributed by atoms with Gasteiger partial charge >= 0.3 is 11.8 Å². The average Bonchev–Trinajstić information content (AvgIpc) is 2.38. The van der Waals surface area contributed by atoms with Gasteiger partial charge in [0.05, 0.1) is 18.3 Å². The molecule has 0 saturated heterocycles. The third kappa shape index (κ3) is 4.12. The van der Waals surface area contributed by atoms with E-state index in [9.17, 15) is 9.59 Å². The number of nitrogens with one attached hydrogen (secondary N) is 2. The number of aliphatic hydroxyl groups is 1. The Morgan fingerprint density at radius 3 is 2.56 bits per heavy atom. The summed E-state index contributed by atoms with van der Waals surface area (Å²) in [6.45, 7) is 1.62. The lowest BCUT2D eigenvalue weighted by Gasteiger charge is -2.13. The number of halogens is 1. The van der Waals surface area contributed by atoms with Crippen LogP contribution in [0.2, 0.25) is 0 Å². The number of anilines is 1. The average molecular weight is 315 g/mol. The van der Waals surface area contributed by atoms with Gasteiger partial charge in [-0.3, -0.25) is 9.59 Å². The Labute approximate surface area is 114 Å². The van der Waals surface area contributed by atoms with E-state index < -0.39 is 17.9 Å². The Bertz CT molecular complexity index is 433. The summed E-state index contributed by atoms with van der Waals surface area (Å²) in [5.41, 5.74) is 0.523. The fraction of sp³-hybridized carbons (Fsp3) is 0.333. The van der Waals surface area contributed by atoms with E-state index in [1.807, 2.05) is 6.92 Å². The number of para-hydroxylation sites is 1. The van der Waals surface area contributed by atoms with Crippen LogP contribution >= 0.6 is 15.9 Å². The van der Waals surface area contributed by atoms with Gasteiger partial charge in [-0.25, -0.2) is 0 Å². The van der Waals surface area contributed by atoms with Crippen molar-refractivity contribution in [2.24, 2.45) is 0 Å². The Hall–Kier alpha value is -1.40. The van der Waals surface area contributed by atoms with Gasteiger partial charge in [0, 0.05) is 4.47 Å². The van der Waals surface area contributed by atoms with E-state index in [0.717, 1.165) is 0 Å². The largest absolute Gasteiger partial charge is 0.394 e. The Morgan fingerprint density at radius 2 is 2.00 bits per heavy atom. The molecule has 2 amide bonds. The summed E-state index contributed by atoms with van der Waals surface area (Å²) in [4.78, 5) is 23.1. The lowest BCUT2D eigenvalue weighted by Crippen LogP contribution is -2.43. The van der Waals surface area contributed by atoms with Crippen LogP contribution in [-0.2, 0) is 9.59 Å². The van der Waals surface area contributed by atoms with Gasteiger partial charge in [-0.15, -0.1) is 0 Å². The first-order valence-electron chi connectivity index (χ1n) is 5.55. The SMILES string of the molecule is CC[C@H](CO)NC(=O)C(=O)Nc1ccccc1Br. The molecule has 1 aromatic rings. The zero-order valence-electron chi connectivity index (χ0n) is 9.94. The van der Waals surface area contributed by atoms with E-state index in [-0.39, 0.29) is 6.61 Å². The molecule has 0 fully saturated rings. The topological polar surface area (TPSA) is 78.4 Å². The summed E-state index contributed by atoms with van der Waals surface area (Å²) in [5.74, 6) is -1.51. The van der Waals surface area contributed by atoms with E-state index >= 15 is 0 Å². The van der Waals surface area contributed by atoms with Gasteiger partial charge < -0.3 is 15.7 Å². The van der Waals surface area contributed by atoms with Gasteiger partial charge in [-0.1, -0.05) is 19.1 Å². The summed E-state index contributed by atoms with van der Waals surface area (Å²) in [5, 5.41) is 13.9. The highest BCUT2D eigenvalue weighted by molar-refractivity contribution is 9.10. The Balaban J connectivity index is 2.61. The summed E-state index contributed by atoms with van der Waals surface area (Å²) in [6, 6.07) is 6.59. The van der Waals surface area contributed by atoms with Crippen molar-refractivity contribution in [2.45, 2.75) is 19.4 Å². The van der Waals surface area contributed by atoms with Crippen LogP contribution in [0, 0.1) is 0 Å². The maximum atomic E-state index is 11.6. The molecule has 0 spiro atoms. The van der Waals surface area contributed by atoms with Crippen LogP contribution in [0.4, 0.5) is 5.69 Å². The third-order valence-corrected chi connectivity index (χ3v) is 3.07. The molecule has 98 valence electrons. The van der Waals surface area contributed by atoms with Gasteiger partial charge in [-0.05, 0) is 34.5 Å². The van der Waals surface area contributed by atoms with Crippen LogP contribution in [0.25, 0.3) is 0 Å². The third-order valence-electron chi connectivity index (χ3n) is 2.38. The zero-order valence-corrected chi connectivity index (χ0v) is 11.5. The quantitative estimate of drug-likeness (QED) is 0.732. The van der Waals surface area contributed by atoms with E-state index in [1.165, 1.54) is 0 Å². The number of carbonyl (C=O) groups is 2.